The predicted molar refractivity (Wildman–Crippen MR) is 104 cm³/mol. The van der Waals surface area contributed by atoms with Crippen molar-refractivity contribution >= 4 is 54.6 Å². The van der Waals surface area contributed by atoms with Crippen molar-refractivity contribution in [1.29, 1.82) is 0 Å². The molecule has 0 unspecified atom stereocenters. The average molecular weight is 461 g/mol. The molecule has 130 valence electrons. The summed E-state index contributed by atoms with van der Waals surface area (Å²) in [5.74, 6) is -0.504. The number of sulfonamides is 1. The van der Waals surface area contributed by atoms with Crippen molar-refractivity contribution in [3.8, 4) is 10.4 Å². The number of halogens is 3. The van der Waals surface area contributed by atoms with Crippen molar-refractivity contribution in [3.05, 3.63) is 68.7 Å². The number of benzene rings is 2. The molecule has 0 aliphatic rings. The van der Waals surface area contributed by atoms with E-state index in [1.165, 1.54) is 29.5 Å². The maximum atomic E-state index is 14.2. The van der Waals surface area contributed by atoms with Crippen molar-refractivity contribution in [2.24, 2.45) is 0 Å². The molecule has 0 saturated carbocycles. The highest BCUT2D eigenvalue weighted by molar-refractivity contribution is 9.10. The Kier molecular flexibility index (Phi) is 5.20. The van der Waals surface area contributed by atoms with Crippen LogP contribution in [0.3, 0.4) is 0 Å². The third-order valence-electron chi connectivity index (χ3n) is 3.53. The first-order valence-corrected chi connectivity index (χ1v) is 10.6. The first-order chi connectivity index (χ1) is 11.8. The van der Waals surface area contributed by atoms with E-state index in [4.69, 9.17) is 11.6 Å². The average Bonchev–Trinajstić information content (AvgIpc) is 2.94. The van der Waals surface area contributed by atoms with E-state index in [1.807, 2.05) is 0 Å². The Hall–Kier alpha value is -1.41. The lowest BCUT2D eigenvalue weighted by molar-refractivity contribution is 0.600. The van der Waals surface area contributed by atoms with Gasteiger partial charge in [0.15, 0.2) is 0 Å². The third-order valence-corrected chi connectivity index (χ3v) is 6.79. The lowest BCUT2D eigenvalue weighted by Crippen LogP contribution is -2.14. The van der Waals surface area contributed by atoms with Crippen LogP contribution in [0.25, 0.3) is 10.4 Å². The second-order valence-electron chi connectivity index (χ2n) is 5.28. The summed E-state index contributed by atoms with van der Waals surface area (Å²) < 4.78 is 43.0. The van der Waals surface area contributed by atoms with Crippen molar-refractivity contribution in [1.82, 2.24) is 0 Å². The number of rotatable bonds is 4. The SMILES string of the molecule is Cc1cc(Br)ccc1S(=O)(=O)Nc1ccsc1-c1c(F)cccc1Cl. The van der Waals surface area contributed by atoms with E-state index in [9.17, 15) is 12.8 Å². The summed E-state index contributed by atoms with van der Waals surface area (Å²) in [7, 11) is -3.82. The molecular weight excluding hydrogens is 449 g/mol. The maximum absolute atomic E-state index is 14.2. The van der Waals surface area contributed by atoms with Gasteiger partial charge in [-0.3, -0.25) is 4.72 Å². The van der Waals surface area contributed by atoms with Gasteiger partial charge in [-0.25, -0.2) is 12.8 Å². The maximum Gasteiger partial charge on any atom is 0.262 e. The normalized spacial score (nSPS) is 11.5. The Morgan fingerprint density at radius 1 is 1.20 bits per heavy atom. The fourth-order valence-corrected chi connectivity index (χ4v) is 5.48. The molecule has 0 spiro atoms. The van der Waals surface area contributed by atoms with Gasteiger partial charge in [0.05, 0.1) is 20.5 Å². The van der Waals surface area contributed by atoms with E-state index in [1.54, 1.807) is 36.6 Å². The highest BCUT2D eigenvalue weighted by Crippen LogP contribution is 2.40. The van der Waals surface area contributed by atoms with Crippen LogP contribution in [-0.2, 0) is 10.0 Å². The molecule has 0 aliphatic heterocycles. The van der Waals surface area contributed by atoms with Gasteiger partial charge in [0, 0.05) is 10.0 Å². The molecule has 1 heterocycles. The molecular formula is C17H12BrClFNO2S2. The molecule has 0 bridgehead atoms. The van der Waals surface area contributed by atoms with Gasteiger partial charge in [-0.15, -0.1) is 11.3 Å². The minimum atomic E-state index is -3.82. The summed E-state index contributed by atoms with van der Waals surface area (Å²) in [5.41, 5.74) is 1.08. The first-order valence-electron chi connectivity index (χ1n) is 7.10. The number of aryl methyl sites for hydroxylation is 1. The van der Waals surface area contributed by atoms with E-state index in [0.29, 0.717) is 16.1 Å². The summed E-state index contributed by atoms with van der Waals surface area (Å²) in [6.45, 7) is 1.71. The minimum Gasteiger partial charge on any atom is -0.278 e. The number of anilines is 1. The van der Waals surface area contributed by atoms with Gasteiger partial charge >= 0.3 is 0 Å². The standard InChI is InChI=1S/C17H12BrClFNO2S2/c1-10-9-11(18)5-6-15(10)25(22,23)21-14-7-8-24-17(14)16-12(19)3-2-4-13(16)20/h2-9,21H,1H3. The van der Waals surface area contributed by atoms with E-state index >= 15 is 0 Å². The Labute approximate surface area is 162 Å². The summed E-state index contributed by atoms with van der Waals surface area (Å²) in [4.78, 5) is 0.592. The summed E-state index contributed by atoms with van der Waals surface area (Å²) >= 11 is 10.6. The van der Waals surface area contributed by atoms with Crippen LogP contribution in [0.15, 0.2) is 57.2 Å². The van der Waals surface area contributed by atoms with Gasteiger partial charge in [0.2, 0.25) is 0 Å². The molecule has 1 aromatic heterocycles. The molecule has 25 heavy (non-hydrogen) atoms. The molecule has 0 atom stereocenters. The van der Waals surface area contributed by atoms with Gasteiger partial charge in [-0.2, -0.15) is 0 Å². The lowest BCUT2D eigenvalue weighted by atomic mass is 10.1. The Balaban J connectivity index is 2.04. The lowest BCUT2D eigenvalue weighted by Gasteiger charge is -2.12. The van der Waals surface area contributed by atoms with Gasteiger partial charge in [-0.1, -0.05) is 33.6 Å². The van der Waals surface area contributed by atoms with Crippen LogP contribution in [0, 0.1) is 12.7 Å². The van der Waals surface area contributed by atoms with Crippen LogP contribution < -0.4 is 4.72 Å². The fraction of sp³-hybridized carbons (Fsp3) is 0.0588. The Morgan fingerprint density at radius 2 is 1.96 bits per heavy atom. The van der Waals surface area contributed by atoms with E-state index in [-0.39, 0.29) is 15.5 Å². The van der Waals surface area contributed by atoms with Crippen molar-refractivity contribution in [2.75, 3.05) is 4.72 Å². The zero-order valence-electron chi connectivity index (χ0n) is 12.9. The third kappa shape index (κ3) is 3.74. The van der Waals surface area contributed by atoms with Crippen molar-refractivity contribution in [3.63, 3.8) is 0 Å². The van der Waals surface area contributed by atoms with Crippen LogP contribution in [0.4, 0.5) is 10.1 Å². The number of thiophene rings is 1. The summed E-state index contributed by atoms with van der Waals surface area (Å²) in [6.07, 6.45) is 0. The van der Waals surface area contributed by atoms with Crippen molar-refractivity contribution in [2.45, 2.75) is 11.8 Å². The van der Waals surface area contributed by atoms with Crippen LogP contribution in [0.5, 0.6) is 0 Å². The quantitative estimate of drug-likeness (QED) is 0.513. The summed E-state index contributed by atoms with van der Waals surface area (Å²) in [6, 6.07) is 10.8. The van der Waals surface area contributed by atoms with Gasteiger partial charge < -0.3 is 0 Å². The molecule has 2 aromatic carbocycles. The van der Waals surface area contributed by atoms with Gasteiger partial charge in [0.25, 0.3) is 10.0 Å². The molecule has 0 fully saturated rings. The molecule has 3 aromatic rings. The zero-order chi connectivity index (χ0) is 18.2. The second-order valence-corrected chi connectivity index (χ2v) is 9.17. The Morgan fingerprint density at radius 3 is 2.64 bits per heavy atom. The monoisotopic (exact) mass is 459 g/mol. The largest absolute Gasteiger partial charge is 0.278 e. The van der Waals surface area contributed by atoms with Crippen molar-refractivity contribution < 1.29 is 12.8 Å². The van der Waals surface area contributed by atoms with E-state index < -0.39 is 15.8 Å². The highest BCUT2D eigenvalue weighted by Gasteiger charge is 2.21. The first kappa shape index (κ1) is 18.4. The van der Waals surface area contributed by atoms with Crippen LogP contribution in [-0.4, -0.2) is 8.42 Å². The molecule has 0 radical (unpaired) electrons. The highest BCUT2D eigenvalue weighted by atomic mass is 79.9. The smallest absolute Gasteiger partial charge is 0.262 e. The molecule has 8 heteroatoms. The van der Waals surface area contributed by atoms with Crippen LogP contribution in [0.2, 0.25) is 5.02 Å². The molecule has 3 nitrogen and oxygen atoms in total. The molecule has 0 aliphatic carbocycles. The van der Waals surface area contributed by atoms with Gasteiger partial charge in [-0.05, 0) is 54.3 Å². The topological polar surface area (TPSA) is 46.2 Å². The minimum absolute atomic E-state index is 0.160. The summed E-state index contributed by atoms with van der Waals surface area (Å²) in [5, 5.41) is 1.91. The second kappa shape index (κ2) is 7.07. The number of nitrogens with one attached hydrogen (secondary N) is 1. The van der Waals surface area contributed by atoms with E-state index in [2.05, 4.69) is 20.7 Å². The van der Waals surface area contributed by atoms with Crippen LogP contribution >= 0.6 is 38.9 Å². The number of hydrogen-bond donors (Lipinski definition) is 1. The predicted octanol–water partition coefficient (Wildman–Crippen LogP) is 6.08. The Bertz CT molecular complexity index is 1030. The molecule has 0 amide bonds. The number of hydrogen-bond acceptors (Lipinski definition) is 3. The fourth-order valence-electron chi connectivity index (χ4n) is 2.41. The zero-order valence-corrected chi connectivity index (χ0v) is 16.9. The molecule has 0 saturated heterocycles. The van der Waals surface area contributed by atoms with E-state index in [0.717, 1.165) is 4.47 Å². The van der Waals surface area contributed by atoms with Crippen LogP contribution in [0.1, 0.15) is 5.56 Å². The van der Waals surface area contributed by atoms with Gasteiger partial charge in [0.1, 0.15) is 5.82 Å². The molecule has 1 N–H and O–H groups in total. The molecule has 3 rings (SSSR count).